The van der Waals surface area contributed by atoms with Crippen LogP contribution in [0.5, 0.6) is 0 Å². The van der Waals surface area contributed by atoms with Crippen molar-refractivity contribution in [2.45, 2.75) is 37.2 Å². The Bertz CT molecular complexity index is 653. The van der Waals surface area contributed by atoms with Crippen molar-refractivity contribution in [3.05, 3.63) is 34.0 Å². The molecular weight excluding hydrogens is 270 g/mol. The van der Waals surface area contributed by atoms with Crippen molar-refractivity contribution in [2.75, 3.05) is 0 Å². The van der Waals surface area contributed by atoms with Crippen LogP contribution in [0.2, 0.25) is 0 Å². The van der Waals surface area contributed by atoms with Gasteiger partial charge in [-0.05, 0) is 26.0 Å². The molecule has 0 N–H and O–H groups in total. The summed E-state index contributed by atoms with van der Waals surface area (Å²) in [6, 6.07) is 3.47. The monoisotopic (exact) mass is 285 g/mol. The zero-order valence-electron chi connectivity index (χ0n) is 10.6. The Balaban J connectivity index is 2.36. The first kappa shape index (κ1) is 13.3. The van der Waals surface area contributed by atoms with E-state index in [1.165, 1.54) is 11.3 Å². The third-order valence-electron chi connectivity index (χ3n) is 2.74. The first-order chi connectivity index (χ1) is 8.44. The Morgan fingerprint density at radius 2 is 2.06 bits per heavy atom. The van der Waals surface area contributed by atoms with Gasteiger partial charge in [-0.2, -0.15) is 0 Å². The molecule has 0 aliphatic heterocycles. The van der Waals surface area contributed by atoms with Gasteiger partial charge in [0.2, 0.25) is 0 Å². The van der Waals surface area contributed by atoms with Crippen LogP contribution >= 0.6 is 11.3 Å². The second-order valence-electron chi connectivity index (χ2n) is 4.15. The van der Waals surface area contributed by atoms with Crippen LogP contribution in [-0.2, 0) is 22.0 Å². The molecule has 0 saturated heterocycles. The molecule has 18 heavy (non-hydrogen) atoms. The molecule has 98 valence electrons. The Labute approximate surface area is 111 Å². The van der Waals surface area contributed by atoms with E-state index in [-0.39, 0.29) is 5.75 Å². The molecule has 0 atom stereocenters. The fraction of sp³-hybridized carbons (Fsp3) is 0.417. The van der Waals surface area contributed by atoms with E-state index in [1.54, 1.807) is 13.0 Å². The van der Waals surface area contributed by atoms with Crippen molar-refractivity contribution < 1.29 is 12.9 Å². The summed E-state index contributed by atoms with van der Waals surface area (Å²) in [5.74, 6) is 0.621. The number of hydrogen-bond acceptors (Lipinski definition) is 5. The van der Waals surface area contributed by atoms with Crippen LogP contribution in [0.25, 0.3) is 0 Å². The molecule has 0 aliphatic carbocycles. The average molecular weight is 285 g/mol. The minimum absolute atomic E-state index is 0.0362. The van der Waals surface area contributed by atoms with E-state index < -0.39 is 9.84 Å². The number of sulfone groups is 1. The zero-order chi connectivity index (χ0) is 13.3. The summed E-state index contributed by atoms with van der Waals surface area (Å²) in [6.07, 6.45) is 0.648. The maximum absolute atomic E-state index is 12.3. The number of nitrogens with zero attached hydrogens (tertiary/aromatic N) is 1. The lowest BCUT2D eigenvalue weighted by atomic mass is 10.2. The number of rotatable bonds is 4. The summed E-state index contributed by atoms with van der Waals surface area (Å²) in [7, 11) is -3.30. The third-order valence-corrected chi connectivity index (χ3v) is 5.97. The number of aromatic nitrogens is 1. The van der Waals surface area contributed by atoms with Crippen LogP contribution in [0, 0.1) is 13.8 Å². The largest absolute Gasteiger partial charge is 0.361 e. The minimum Gasteiger partial charge on any atom is -0.361 e. The molecule has 0 aromatic carbocycles. The van der Waals surface area contributed by atoms with Crippen LogP contribution in [0.4, 0.5) is 0 Å². The van der Waals surface area contributed by atoms with Gasteiger partial charge in [-0.25, -0.2) is 8.42 Å². The molecule has 0 aliphatic rings. The lowest BCUT2D eigenvalue weighted by molar-refractivity contribution is 0.382. The van der Waals surface area contributed by atoms with Gasteiger partial charge in [0, 0.05) is 16.9 Å². The SMILES string of the molecule is CCc1onc(C)c1CS(=O)(=O)c1ccc(C)s1. The van der Waals surface area contributed by atoms with Crippen molar-refractivity contribution in [1.82, 2.24) is 5.16 Å². The highest BCUT2D eigenvalue weighted by Gasteiger charge is 2.22. The van der Waals surface area contributed by atoms with E-state index >= 15 is 0 Å². The molecule has 0 radical (unpaired) electrons. The fourth-order valence-electron chi connectivity index (χ4n) is 1.74. The van der Waals surface area contributed by atoms with E-state index in [9.17, 15) is 8.42 Å². The fourth-order valence-corrected chi connectivity index (χ4v) is 4.57. The van der Waals surface area contributed by atoms with Crippen LogP contribution < -0.4 is 0 Å². The van der Waals surface area contributed by atoms with E-state index in [0.29, 0.717) is 27.6 Å². The average Bonchev–Trinajstić information content (AvgIpc) is 2.87. The Hall–Kier alpha value is -1.14. The van der Waals surface area contributed by atoms with Crippen molar-refractivity contribution in [2.24, 2.45) is 0 Å². The van der Waals surface area contributed by atoms with Crippen molar-refractivity contribution >= 4 is 21.2 Å². The number of thiophene rings is 1. The molecule has 2 aromatic rings. The number of aryl methyl sites for hydroxylation is 3. The van der Waals surface area contributed by atoms with Crippen LogP contribution in [0.3, 0.4) is 0 Å². The molecule has 0 fully saturated rings. The second kappa shape index (κ2) is 4.85. The predicted molar refractivity (Wildman–Crippen MR) is 70.6 cm³/mol. The van der Waals surface area contributed by atoms with Crippen molar-refractivity contribution in [1.29, 1.82) is 0 Å². The van der Waals surface area contributed by atoms with E-state index in [2.05, 4.69) is 5.16 Å². The highest BCUT2D eigenvalue weighted by molar-refractivity contribution is 7.92. The van der Waals surface area contributed by atoms with Crippen LogP contribution in [-0.4, -0.2) is 13.6 Å². The predicted octanol–water partition coefficient (Wildman–Crippen LogP) is 2.89. The van der Waals surface area contributed by atoms with E-state index in [0.717, 1.165) is 4.88 Å². The highest BCUT2D eigenvalue weighted by Crippen LogP contribution is 2.26. The molecule has 0 amide bonds. The lowest BCUT2D eigenvalue weighted by Gasteiger charge is -2.02. The molecule has 0 bridgehead atoms. The molecule has 2 heterocycles. The Kier molecular flexibility index (Phi) is 3.59. The van der Waals surface area contributed by atoms with Gasteiger partial charge < -0.3 is 4.52 Å². The topological polar surface area (TPSA) is 60.2 Å². The van der Waals surface area contributed by atoms with Crippen molar-refractivity contribution in [3.8, 4) is 0 Å². The summed E-state index contributed by atoms with van der Waals surface area (Å²) in [6.45, 7) is 5.59. The first-order valence-corrected chi connectivity index (χ1v) is 8.14. The molecular formula is C12H15NO3S2. The quantitative estimate of drug-likeness (QED) is 0.866. The Morgan fingerprint density at radius 3 is 2.61 bits per heavy atom. The smallest absolute Gasteiger partial charge is 0.192 e. The van der Waals surface area contributed by atoms with Gasteiger partial charge in [-0.15, -0.1) is 11.3 Å². The maximum Gasteiger partial charge on any atom is 0.192 e. The third kappa shape index (κ3) is 2.49. The molecule has 4 nitrogen and oxygen atoms in total. The molecule has 0 saturated carbocycles. The van der Waals surface area contributed by atoms with Crippen LogP contribution in [0.1, 0.15) is 28.8 Å². The van der Waals surface area contributed by atoms with Gasteiger partial charge in [0.25, 0.3) is 0 Å². The standard InChI is InChI=1S/C12H15NO3S2/c1-4-11-10(9(3)13-16-11)7-18(14,15)12-6-5-8(2)17-12/h5-6H,4,7H2,1-3H3. The Morgan fingerprint density at radius 1 is 1.33 bits per heavy atom. The number of hydrogen-bond donors (Lipinski definition) is 0. The molecule has 0 unspecified atom stereocenters. The molecule has 6 heteroatoms. The minimum atomic E-state index is -3.30. The highest BCUT2D eigenvalue weighted by atomic mass is 32.2. The summed E-state index contributed by atoms with van der Waals surface area (Å²) in [5, 5.41) is 3.83. The summed E-state index contributed by atoms with van der Waals surface area (Å²) in [5.41, 5.74) is 1.35. The van der Waals surface area contributed by atoms with Crippen molar-refractivity contribution in [3.63, 3.8) is 0 Å². The summed E-state index contributed by atoms with van der Waals surface area (Å²) < 4.78 is 30.1. The van der Waals surface area contributed by atoms with Gasteiger partial charge in [0.15, 0.2) is 9.84 Å². The van der Waals surface area contributed by atoms with Gasteiger partial charge >= 0.3 is 0 Å². The summed E-state index contributed by atoms with van der Waals surface area (Å²) >= 11 is 1.30. The van der Waals surface area contributed by atoms with Gasteiger partial charge in [-0.3, -0.25) is 0 Å². The molecule has 2 aromatic heterocycles. The summed E-state index contributed by atoms with van der Waals surface area (Å²) in [4.78, 5) is 0.992. The second-order valence-corrected chi connectivity index (χ2v) is 7.65. The van der Waals surface area contributed by atoms with Gasteiger partial charge in [-0.1, -0.05) is 12.1 Å². The van der Waals surface area contributed by atoms with Gasteiger partial charge in [0.1, 0.15) is 9.97 Å². The van der Waals surface area contributed by atoms with Gasteiger partial charge in [0.05, 0.1) is 11.4 Å². The normalized spacial score (nSPS) is 11.9. The molecule has 0 spiro atoms. The molecule has 2 rings (SSSR count). The zero-order valence-corrected chi connectivity index (χ0v) is 12.2. The van der Waals surface area contributed by atoms with Crippen LogP contribution in [0.15, 0.2) is 20.9 Å². The van der Waals surface area contributed by atoms with E-state index in [1.807, 2.05) is 19.9 Å². The first-order valence-electron chi connectivity index (χ1n) is 5.67. The lowest BCUT2D eigenvalue weighted by Crippen LogP contribution is -2.05. The maximum atomic E-state index is 12.3. The van der Waals surface area contributed by atoms with E-state index in [4.69, 9.17) is 4.52 Å².